The third-order valence-electron chi connectivity index (χ3n) is 2.79. The van der Waals surface area contributed by atoms with Gasteiger partial charge >= 0.3 is 0 Å². The van der Waals surface area contributed by atoms with Crippen molar-refractivity contribution in [2.45, 2.75) is 19.9 Å². The van der Waals surface area contributed by atoms with Gasteiger partial charge in [0.2, 0.25) is 5.95 Å². The Morgan fingerprint density at radius 1 is 1.50 bits per heavy atom. The van der Waals surface area contributed by atoms with E-state index in [1.54, 1.807) is 13.2 Å². The molecule has 0 aliphatic heterocycles. The zero-order valence-corrected chi connectivity index (χ0v) is 13.2. The summed E-state index contributed by atoms with van der Waals surface area (Å²) in [7, 11) is 1.66. The maximum atomic E-state index is 13.2. The largest absolute Gasteiger partial charge is 0.383 e. The van der Waals surface area contributed by atoms with E-state index >= 15 is 0 Å². The van der Waals surface area contributed by atoms with Crippen LogP contribution in [0, 0.1) is 12.7 Å². The summed E-state index contributed by atoms with van der Waals surface area (Å²) in [6.45, 7) is 4.51. The van der Waals surface area contributed by atoms with Crippen LogP contribution in [-0.2, 0) is 4.74 Å². The number of ether oxygens (including phenoxy) is 1. The first kappa shape index (κ1) is 15.0. The van der Waals surface area contributed by atoms with Gasteiger partial charge < -0.3 is 10.1 Å². The van der Waals surface area contributed by atoms with Crippen molar-refractivity contribution in [3.63, 3.8) is 0 Å². The molecule has 1 atom stereocenters. The first-order valence-electron chi connectivity index (χ1n) is 6.28. The second-order valence-corrected chi connectivity index (χ2v) is 5.53. The Bertz CT molecular complexity index is 600. The van der Waals surface area contributed by atoms with Crippen LogP contribution in [0.3, 0.4) is 0 Å². The highest BCUT2D eigenvalue weighted by Gasteiger charge is 2.13. The summed E-state index contributed by atoms with van der Waals surface area (Å²) >= 11 is 3.38. The third kappa shape index (κ3) is 3.37. The monoisotopic (exact) mass is 341 g/mol. The average molecular weight is 342 g/mol. The van der Waals surface area contributed by atoms with Crippen LogP contribution in [0.4, 0.5) is 10.3 Å². The first-order valence-corrected chi connectivity index (χ1v) is 7.07. The predicted molar refractivity (Wildman–Crippen MR) is 80.9 cm³/mol. The Balaban J connectivity index is 2.36. The predicted octanol–water partition coefficient (Wildman–Crippen LogP) is 3.53. The van der Waals surface area contributed by atoms with Crippen LogP contribution in [-0.4, -0.2) is 29.3 Å². The van der Waals surface area contributed by atoms with E-state index in [9.17, 15) is 4.39 Å². The molecule has 0 radical (unpaired) electrons. The normalized spacial score (nSPS) is 12.4. The minimum atomic E-state index is -0.278. The van der Waals surface area contributed by atoms with Crippen molar-refractivity contribution in [3.05, 3.63) is 40.4 Å². The van der Waals surface area contributed by atoms with Gasteiger partial charge in [-0.1, -0.05) is 0 Å². The van der Waals surface area contributed by atoms with Crippen LogP contribution in [0.1, 0.15) is 12.6 Å². The molecular formula is C14H17BrFN3O. The molecule has 0 aliphatic carbocycles. The lowest BCUT2D eigenvalue weighted by molar-refractivity contribution is 0.190. The molecule has 0 saturated heterocycles. The van der Waals surface area contributed by atoms with Crippen molar-refractivity contribution in [1.82, 2.24) is 9.55 Å². The zero-order valence-electron chi connectivity index (χ0n) is 11.7. The number of rotatable bonds is 5. The second-order valence-electron chi connectivity index (χ2n) is 4.67. The smallest absolute Gasteiger partial charge is 0.208 e. The Kier molecular flexibility index (Phi) is 4.77. The molecule has 6 heteroatoms. The van der Waals surface area contributed by atoms with Crippen LogP contribution in [0.15, 0.2) is 28.9 Å². The number of imidazole rings is 1. The van der Waals surface area contributed by atoms with Crippen LogP contribution in [0.25, 0.3) is 5.69 Å². The summed E-state index contributed by atoms with van der Waals surface area (Å²) in [4.78, 5) is 4.45. The number of halogens is 2. The molecule has 1 aromatic heterocycles. The molecule has 0 spiro atoms. The van der Waals surface area contributed by atoms with E-state index < -0.39 is 0 Å². The lowest BCUT2D eigenvalue weighted by Crippen LogP contribution is -2.22. The summed E-state index contributed by atoms with van der Waals surface area (Å²) in [5, 5.41) is 3.28. The van der Waals surface area contributed by atoms with Gasteiger partial charge in [0.25, 0.3) is 0 Å². The summed E-state index contributed by atoms with van der Waals surface area (Å²) in [6.07, 6.45) is 1.90. The van der Waals surface area contributed by atoms with Gasteiger partial charge in [-0.25, -0.2) is 9.37 Å². The molecule has 0 bridgehead atoms. The Labute approximate surface area is 126 Å². The Morgan fingerprint density at radius 3 is 2.90 bits per heavy atom. The van der Waals surface area contributed by atoms with Crippen molar-refractivity contribution in [1.29, 1.82) is 0 Å². The highest BCUT2D eigenvalue weighted by atomic mass is 79.9. The molecule has 0 fully saturated rings. The number of hydrogen-bond acceptors (Lipinski definition) is 3. The average Bonchev–Trinajstić information content (AvgIpc) is 2.70. The maximum Gasteiger partial charge on any atom is 0.208 e. The number of benzene rings is 1. The van der Waals surface area contributed by atoms with E-state index in [0.717, 1.165) is 11.4 Å². The summed E-state index contributed by atoms with van der Waals surface area (Å²) in [5.41, 5.74) is 1.72. The molecule has 1 aromatic carbocycles. The number of anilines is 1. The van der Waals surface area contributed by atoms with E-state index in [0.29, 0.717) is 17.0 Å². The minimum Gasteiger partial charge on any atom is -0.383 e. The molecular weight excluding hydrogens is 325 g/mol. The molecule has 20 heavy (non-hydrogen) atoms. The molecule has 0 aliphatic rings. The molecule has 0 saturated carbocycles. The molecule has 2 rings (SSSR count). The highest BCUT2D eigenvalue weighted by Crippen LogP contribution is 2.25. The van der Waals surface area contributed by atoms with E-state index in [-0.39, 0.29) is 11.9 Å². The summed E-state index contributed by atoms with van der Waals surface area (Å²) < 4.78 is 20.9. The van der Waals surface area contributed by atoms with Gasteiger partial charge in [0.05, 0.1) is 18.0 Å². The lowest BCUT2D eigenvalue weighted by Gasteiger charge is -2.16. The first-order chi connectivity index (χ1) is 9.51. The van der Waals surface area contributed by atoms with Gasteiger partial charge in [0.1, 0.15) is 5.82 Å². The SMILES string of the molecule is COCC(C)Nc1nc(C)cn1-c1ccc(F)cc1Br. The van der Waals surface area contributed by atoms with Gasteiger partial charge in [-0.2, -0.15) is 0 Å². The lowest BCUT2D eigenvalue weighted by atomic mass is 10.3. The van der Waals surface area contributed by atoms with Crippen LogP contribution in [0.2, 0.25) is 0 Å². The van der Waals surface area contributed by atoms with Crippen LogP contribution in [0.5, 0.6) is 0 Å². The number of nitrogens with one attached hydrogen (secondary N) is 1. The topological polar surface area (TPSA) is 39.1 Å². The number of methoxy groups -OCH3 is 1. The van der Waals surface area contributed by atoms with Crippen molar-refractivity contribution in [2.24, 2.45) is 0 Å². The van der Waals surface area contributed by atoms with Gasteiger partial charge in [-0.3, -0.25) is 4.57 Å². The van der Waals surface area contributed by atoms with Gasteiger partial charge in [0, 0.05) is 23.8 Å². The van der Waals surface area contributed by atoms with Crippen molar-refractivity contribution >= 4 is 21.9 Å². The fourth-order valence-electron chi connectivity index (χ4n) is 1.97. The maximum absolute atomic E-state index is 13.2. The number of hydrogen-bond donors (Lipinski definition) is 1. The number of nitrogens with zero attached hydrogens (tertiary/aromatic N) is 2. The quantitative estimate of drug-likeness (QED) is 0.904. The van der Waals surface area contributed by atoms with Crippen molar-refractivity contribution < 1.29 is 9.13 Å². The minimum absolute atomic E-state index is 0.125. The van der Waals surface area contributed by atoms with Crippen molar-refractivity contribution in [2.75, 3.05) is 19.0 Å². The van der Waals surface area contributed by atoms with E-state index in [1.165, 1.54) is 12.1 Å². The summed E-state index contributed by atoms with van der Waals surface area (Å²) in [6, 6.07) is 4.71. The van der Waals surface area contributed by atoms with Gasteiger partial charge in [0.15, 0.2) is 0 Å². The molecule has 1 unspecified atom stereocenters. The zero-order chi connectivity index (χ0) is 14.7. The van der Waals surface area contributed by atoms with Crippen molar-refractivity contribution in [3.8, 4) is 5.69 Å². The van der Waals surface area contributed by atoms with E-state index in [4.69, 9.17) is 4.74 Å². The molecule has 108 valence electrons. The molecule has 0 amide bonds. The van der Waals surface area contributed by atoms with Gasteiger partial charge in [-0.15, -0.1) is 0 Å². The van der Waals surface area contributed by atoms with Crippen LogP contribution < -0.4 is 5.32 Å². The number of aromatic nitrogens is 2. The molecule has 1 N–H and O–H groups in total. The highest BCUT2D eigenvalue weighted by molar-refractivity contribution is 9.10. The number of aryl methyl sites for hydroxylation is 1. The third-order valence-corrected chi connectivity index (χ3v) is 3.42. The molecule has 1 heterocycles. The van der Waals surface area contributed by atoms with Crippen LogP contribution >= 0.6 is 15.9 Å². The summed E-state index contributed by atoms with van der Waals surface area (Å²) in [5.74, 6) is 0.430. The van der Waals surface area contributed by atoms with E-state index in [2.05, 4.69) is 26.2 Å². The fourth-order valence-corrected chi connectivity index (χ4v) is 2.51. The fraction of sp³-hybridized carbons (Fsp3) is 0.357. The second kappa shape index (κ2) is 6.37. The van der Waals surface area contributed by atoms with E-state index in [1.807, 2.05) is 24.6 Å². The van der Waals surface area contributed by atoms with Gasteiger partial charge in [-0.05, 0) is 48.0 Å². The molecule has 4 nitrogen and oxygen atoms in total. The Morgan fingerprint density at radius 2 is 2.25 bits per heavy atom. The standard InChI is InChI=1S/C14H17BrFN3O/c1-9-7-19(13-5-4-11(16)6-12(13)15)14(17-9)18-10(2)8-20-3/h4-7,10H,8H2,1-3H3,(H,17,18). The molecule has 2 aromatic rings. The Hall–Kier alpha value is -1.40.